The van der Waals surface area contributed by atoms with Crippen LogP contribution in [0.2, 0.25) is 0 Å². The number of carbonyl (C=O) groups is 1. The van der Waals surface area contributed by atoms with Crippen molar-refractivity contribution < 1.29 is 22.3 Å². The van der Waals surface area contributed by atoms with Gasteiger partial charge in [-0.1, -0.05) is 24.2 Å². The van der Waals surface area contributed by atoms with Crippen molar-refractivity contribution in [2.45, 2.75) is 68.1 Å². The number of amides is 1. The normalized spacial score (nSPS) is 19.0. The highest BCUT2D eigenvalue weighted by Gasteiger charge is 2.33. The maximum Gasteiger partial charge on any atom is 0.252 e. The Morgan fingerprint density at radius 3 is 2.58 bits per heavy atom. The maximum atomic E-state index is 13.4. The monoisotopic (exact) mass is 497 g/mol. The highest BCUT2D eigenvalue weighted by Crippen LogP contribution is 2.31. The van der Waals surface area contributed by atoms with Crippen molar-refractivity contribution >= 4 is 32.2 Å². The lowest BCUT2D eigenvalue weighted by Crippen LogP contribution is -2.37. The number of ether oxygens (including phenoxy) is 1. The van der Waals surface area contributed by atoms with Gasteiger partial charge in [0.1, 0.15) is 6.04 Å². The second-order valence-electron chi connectivity index (χ2n) is 8.76. The molecule has 1 amide bonds. The summed E-state index contributed by atoms with van der Waals surface area (Å²) in [4.78, 5) is 30.3. The van der Waals surface area contributed by atoms with Crippen LogP contribution >= 0.6 is 11.3 Å². The van der Waals surface area contributed by atoms with E-state index in [1.165, 1.54) is 10.6 Å². The maximum absolute atomic E-state index is 13.4. The number of nitrogens with one attached hydrogen (secondary N) is 1. The lowest BCUT2D eigenvalue weighted by Gasteiger charge is -2.28. The van der Waals surface area contributed by atoms with E-state index in [9.17, 15) is 22.4 Å². The lowest BCUT2D eigenvalue weighted by atomic mass is 9.91. The Morgan fingerprint density at radius 1 is 1.27 bits per heavy atom. The van der Waals surface area contributed by atoms with E-state index in [2.05, 4.69) is 10.3 Å². The molecule has 4 rings (SSSR count). The topological polar surface area (TPSA) is 107 Å². The molecule has 2 aliphatic rings. The largest absolute Gasteiger partial charge is 0.381 e. The van der Waals surface area contributed by atoms with Crippen LogP contribution in [-0.4, -0.2) is 42.3 Å². The zero-order valence-corrected chi connectivity index (χ0v) is 20.1. The fourth-order valence-electron chi connectivity index (χ4n) is 4.77. The Hall–Kier alpha value is -2.11. The second-order valence-corrected chi connectivity index (χ2v) is 12.0. The van der Waals surface area contributed by atoms with Gasteiger partial charge in [-0.15, -0.1) is 0 Å². The summed E-state index contributed by atoms with van der Waals surface area (Å²) in [5, 5.41) is 1.73. The van der Waals surface area contributed by atoms with Crippen LogP contribution in [0.25, 0.3) is 0 Å². The Kier molecular flexibility index (Phi) is 7.30. The number of aryl methyl sites for hydroxylation is 1. The van der Waals surface area contributed by atoms with Gasteiger partial charge in [-0.25, -0.2) is 13.4 Å². The third-order valence-corrected chi connectivity index (χ3v) is 9.47. The minimum absolute atomic E-state index is 0.0142. The van der Waals surface area contributed by atoms with Crippen molar-refractivity contribution in [3.05, 3.63) is 39.5 Å². The fraction of sp³-hybridized carbons (Fsp3) is 0.591. The van der Waals surface area contributed by atoms with Crippen LogP contribution in [0.5, 0.6) is 0 Å². The number of hydrogen-bond donors (Lipinski definition) is 1. The van der Waals surface area contributed by atoms with Gasteiger partial charge >= 0.3 is 0 Å². The molecular formula is C22H28FN3O5S2. The summed E-state index contributed by atoms with van der Waals surface area (Å²) in [6.45, 7) is 2.81. The molecule has 1 aliphatic carbocycles. The number of halogens is 1. The number of sulfone groups is 1. The Balaban J connectivity index is 1.67. The van der Waals surface area contributed by atoms with Crippen molar-refractivity contribution in [1.82, 2.24) is 9.55 Å². The molecule has 0 unspecified atom stereocenters. The lowest BCUT2D eigenvalue weighted by molar-refractivity contribution is -0.120. The van der Waals surface area contributed by atoms with E-state index < -0.39 is 37.7 Å². The van der Waals surface area contributed by atoms with Crippen molar-refractivity contribution in [3.8, 4) is 0 Å². The number of anilines is 1. The average molecular weight is 498 g/mol. The van der Waals surface area contributed by atoms with Crippen LogP contribution in [0.3, 0.4) is 0 Å². The molecule has 1 atom stereocenters. The second kappa shape index (κ2) is 10.0. The number of carbonyl (C=O) groups excluding carboxylic acids is 1. The van der Waals surface area contributed by atoms with Crippen molar-refractivity contribution in [1.29, 1.82) is 0 Å². The van der Waals surface area contributed by atoms with Crippen molar-refractivity contribution in [2.75, 3.05) is 18.5 Å². The van der Waals surface area contributed by atoms with Crippen LogP contribution in [0.4, 0.5) is 9.52 Å². The van der Waals surface area contributed by atoms with E-state index in [1.807, 2.05) is 0 Å². The number of pyridine rings is 1. The molecule has 1 N–H and O–H groups in total. The quantitative estimate of drug-likeness (QED) is 0.628. The van der Waals surface area contributed by atoms with Gasteiger partial charge in [0.05, 0.1) is 16.3 Å². The first kappa shape index (κ1) is 24.0. The van der Waals surface area contributed by atoms with E-state index in [0.29, 0.717) is 49.5 Å². The number of nitrogens with zero attached hydrogens (tertiary/aromatic N) is 2. The Bertz CT molecular complexity index is 1160. The van der Waals surface area contributed by atoms with E-state index in [0.717, 1.165) is 37.9 Å². The van der Waals surface area contributed by atoms with Gasteiger partial charge in [0, 0.05) is 25.0 Å². The molecule has 0 radical (unpaired) electrons. The SMILES string of the molecule is Cc1cc(S(=O)(=O)C2CCCC2)cc(=O)n1[C@H](CC1CCOCC1)C(=O)Nc1ncc(F)s1. The Morgan fingerprint density at radius 2 is 1.97 bits per heavy atom. The first-order valence-corrected chi connectivity index (χ1v) is 13.6. The van der Waals surface area contributed by atoms with Crippen molar-refractivity contribution in [3.63, 3.8) is 0 Å². The minimum Gasteiger partial charge on any atom is -0.381 e. The molecule has 1 saturated heterocycles. The number of thiazole rings is 1. The van der Waals surface area contributed by atoms with Gasteiger partial charge in [-0.3, -0.25) is 9.59 Å². The molecule has 0 bridgehead atoms. The number of rotatable bonds is 7. The van der Waals surface area contributed by atoms with Gasteiger partial charge in [-0.05, 0) is 51.0 Å². The van der Waals surface area contributed by atoms with Crippen LogP contribution in [-0.2, 0) is 19.4 Å². The average Bonchev–Trinajstić information content (AvgIpc) is 3.45. The van der Waals surface area contributed by atoms with Gasteiger partial charge in [-0.2, -0.15) is 4.39 Å². The van der Waals surface area contributed by atoms with E-state index in [1.54, 1.807) is 6.92 Å². The third-order valence-electron chi connectivity index (χ3n) is 6.52. The molecule has 180 valence electrons. The van der Waals surface area contributed by atoms with Gasteiger partial charge in [0.25, 0.3) is 5.56 Å². The first-order valence-electron chi connectivity index (χ1n) is 11.2. The van der Waals surface area contributed by atoms with Gasteiger partial charge in [0.2, 0.25) is 5.91 Å². The van der Waals surface area contributed by atoms with Crippen LogP contribution in [0.15, 0.2) is 28.0 Å². The van der Waals surface area contributed by atoms with Gasteiger partial charge in [0.15, 0.2) is 20.1 Å². The predicted octanol–water partition coefficient (Wildman–Crippen LogP) is 3.47. The molecule has 0 aromatic carbocycles. The molecule has 0 spiro atoms. The molecule has 3 heterocycles. The Labute approximate surface area is 196 Å². The summed E-state index contributed by atoms with van der Waals surface area (Å²) < 4.78 is 46.2. The molecule has 33 heavy (non-hydrogen) atoms. The predicted molar refractivity (Wildman–Crippen MR) is 123 cm³/mol. The van der Waals surface area contributed by atoms with E-state index >= 15 is 0 Å². The number of hydrogen-bond acceptors (Lipinski definition) is 7. The number of aromatic nitrogens is 2. The van der Waals surface area contributed by atoms with Crippen LogP contribution in [0, 0.1) is 18.0 Å². The molecule has 8 nitrogen and oxygen atoms in total. The zero-order chi connectivity index (χ0) is 23.6. The zero-order valence-electron chi connectivity index (χ0n) is 18.5. The van der Waals surface area contributed by atoms with E-state index in [-0.39, 0.29) is 15.9 Å². The summed E-state index contributed by atoms with van der Waals surface area (Å²) in [6, 6.07) is 1.74. The summed E-state index contributed by atoms with van der Waals surface area (Å²) in [6.07, 6.45) is 5.87. The van der Waals surface area contributed by atoms with Crippen molar-refractivity contribution in [2.24, 2.45) is 5.92 Å². The van der Waals surface area contributed by atoms with Crippen LogP contribution in [0.1, 0.15) is 56.7 Å². The molecule has 2 aromatic heterocycles. The minimum atomic E-state index is -3.60. The van der Waals surface area contributed by atoms with E-state index in [4.69, 9.17) is 4.74 Å². The van der Waals surface area contributed by atoms with Crippen LogP contribution < -0.4 is 10.9 Å². The molecule has 2 aromatic rings. The summed E-state index contributed by atoms with van der Waals surface area (Å²) >= 11 is 0.707. The summed E-state index contributed by atoms with van der Waals surface area (Å²) in [5.41, 5.74) is -0.138. The smallest absolute Gasteiger partial charge is 0.252 e. The third kappa shape index (κ3) is 5.36. The standard InChI is InChI=1S/C22H28FN3O5S2/c1-14-10-17(33(29,30)16-4-2-3-5-16)12-20(27)26(14)18(11-15-6-8-31-9-7-15)21(28)25-22-24-13-19(23)32-22/h10,12-13,15-16,18H,2-9,11H2,1H3,(H,24,25,28)/t18-/m1/s1. The first-order chi connectivity index (χ1) is 15.8. The molecule has 2 fully saturated rings. The highest BCUT2D eigenvalue weighted by atomic mass is 32.2. The fourth-order valence-corrected chi connectivity index (χ4v) is 7.25. The van der Waals surface area contributed by atoms with Gasteiger partial charge < -0.3 is 14.6 Å². The summed E-state index contributed by atoms with van der Waals surface area (Å²) in [5.74, 6) is -0.317. The molecular weight excluding hydrogens is 469 g/mol. The summed E-state index contributed by atoms with van der Waals surface area (Å²) in [7, 11) is -3.60. The molecule has 1 aliphatic heterocycles. The molecule has 1 saturated carbocycles. The molecule has 11 heteroatoms. The highest BCUT2D eigenvalue weighted by molar-refractivity contribution is 7.92.